The summed E-state index contributed by atoms with van der Waals surface area (Å²) in [5.41, 5.74) is 1.36. The molecule has 1 saturated carbocycles. The van der Waals surface area contributed by atoms with Gasteiger partial charge in [-0.25, -0.2) is 4.79 Å². The van der Waals surface area contributed by atoms with E-state index in [1.807, 2.05) is 4.90 Å². The molecule has 2 amide bonds. The Hall–Kier alpha value is -2.07. The second-order valence-electron chi connectivity index (χ2n) is 8.50. The SMILES string of the molecule is CC(NC1CCN(C(=O)NC2CCCCC2)CC1)c1cccc2ccccc12. The standard InChI is InChI=1S/C24H33N3O/c1-18(22-13-7-9-19-8-5-6-12-23(19)22)25-21-14-16-27(17-15-21)24(28)26-20-10-3-2-4-11-20/h5-9,12-13,18,20-21,25H,2-4,10-11,14-17H2,1H3,(H,26,28). The fourth-order valence-corrected chi connectivity index (χ4v) is 4.83. The van der Waals surface area contributed by atoms with Gasteiger partial charge in [-0.2, -0.15) is 0 Å². The number of hydrogen-bond acceptors (Lipinski definition) is 2. The van der Waals surface area contributed by atoms with Crippen molar-refractivity contribution in [1.82, 2.24) is 15.5 Å². The third-order valence-corrected chi connectivity index (χ3v) is 6.49. The van der Waals surface area contributed by atoms with Crippen LogP contribution in [0.5, 0.6) is 0 Å². The first kappa shape index (κ1) is 19.3. The number of rotatable bonds is 4. The Kier molecular flexibility index (Phi) is 6.16. The second-order valence-corrected chi connectivity index (χ2v) is 8.50. The lowest BCUT2D eigenvalue weighted by molar-refractivity contribution is 0.168. The molecule has 1 unspecified atom stereocenters. The van der Waals surface area contributed by atoms with Crippen molar-refractivity contribution in [2.45, 2.75) is 70.0 Å². The number of likely N-dealkylation sites (tertiary alicyclic amines) is 1. The van der Waals surface area contributed by atoms with Crippen molar-refractivity contribution >= 4 is 16.8 Å². The first-order chi connectivity index (χ1) is 13.7. The molecule has 0 aromatic heterocycles. The van der Waals surface area contributed by atoms with E-state index in [2.05, 4.69) is 60.0 Å². The molecular weight excluding hydrogens is 346 g/mol. The topological polar surface area (TPSA) is 44.4 Å². The lowest BCUT2D eigenvalue weighted by Crippen LogP contribution is -2.51. The third kappa shape index (κ3) is 4.49. The van der Waals surface area contributed by atoms with Crippen LogP contribution in [0, 0.1) is 0 Å². The van der Waals surface area contributed by atoms with E-state index in [1.54, 1.807) is 0 Å². The molecule has 2 aromatic carbocycles. The zero-order valence-corrected chi connectivity index (χ0v) is 17.0. The molecule has 0 radical (unpaired) electrons. The van der Waals surface area contributed by atoms with Crippen molar-refractivity contribution in [3.63, 3.8) is 0 Å². The van der Waals surface area contributed by atoms with Crippen LogP contribution in [-0.4, -0.2) is 36.1 Å². The number of fused-ring (bicyclic) bond motifs is 1. The van der Waals surface area contributed by atoms with Gasteiger partial charge in [0, 0.05) is 31.2 Å². The van der Waals surface area contributed by atoms with Gasteiger partial charge < -0.3 is 15.5 Å². The Morgan fingerprint density at radius 3 is 2.43 bits per heavy atom. The predicted octanol–water partition coefficient (Wildman–Crippen LogP) is 5.00. The Bertz CT molecular complexity index is 786. The highest BCUT2D eigenvalue weighted by molar-refractivity contribution is 5.86. The Balaban J connectivity index is 1.29. The first-order valence-corrected chi connectivity index (χ1v) is 11.0. The number of benzene rings is 2. The smallest absolute Gasteiger partial charge is 0.317 e. The van der Waals surface area contributed by atoms with Crippen molar-refractivity contribution in [3.8, 4) is 0 Å². The average molecular weight is 380 g/mol. The molecule has 4 nitrogen and oxygen atoms in total. The summed E-state index contributed by atoms with van der Waals surface area (Å²) in [4.78, 5) is 14.6. The summed E-state index contributed by atoms with van der Waals surface area (Å²) < 4.78 is 0. The van der Waals surface area contributed by atoms with Crippen LogP contribution in [0.1, 0.15) is 63.5 Å². The molecule has 1 saturated heterocycles. The molecule has 2 aromatic rings. The van der Waals surface area contributed by atoms with Gasteiger partial charge in [0.2, 0.25) is 0 Å². The number of nitrogens with zero attached hydrogens (tertiary/aromatic N) is 1. The predicted molar refractivity (Wildman–Crippen MR) is 115 cm³/mol. The molecule has 28 heavy (non-hydrogen) atoms. The zero-order valence-electron chi connectivity index (χ0n) is 17.0. The van der Waals surface area contributed by atoms with E-state index >= 15 is 0 Å². The summed E-state index contributed by atoms with van der Waals surface area (Å²) in [6, 6.07) is 16.5. The van der Waals surface area contributed by atoms with E-state index < -0.39 is 0 Å². The normalized spacial score (nSPS) is 20.2. The Morgan fingerprint density at radius 2 is 1.64 bits per heavy atom. The van der Waals surface area contributed by atoms with Crippen LogP contribution >= 0.6 is 0 Å². The number of urea groups is 1. The molecule has 4 heteroatoms. The quantitative estimate of drug-likeness (QED) is 0.785. The summed E-state index contributed by atoms with van der Waals surface area (Å²) in [6.45, 7) is 3.95. The van der Waals surface area contributed by atoms with Crippen molar-refractivity contribution < 1.29 is 4.79 Å². The maximum atomic E-state index is 12.6. The molecule has 0 spiro atoms. The van der Waals surface area contributed by atoms with Gasteiger partial charge >= 0.3 is 6.03 Å². The van der Waals surface area contributed by atoms with Crippen molar-refractivity contribution in [1.29, 1.82) is 0 Å². The molecule has 2 N–H and O–H groups in total. The van der Waals surface area contributed by atoms with Crippen LogP contribution in [0.2, 0.25) is 0 Å². The summed E-state index contributed by atoms with van der Waals surface area (Å²) in [7, 11) is 0. The monoisotopic (exact) mass is 379 g/mol. The molecule has 0 bridgehead atoms. The zero-order chi connectivity index (χ0) is 19.3. The van der Waals surface area contributed by atoms with Gasteiger partial charge in [0.1, 0.15) is 0 Å². The molecule has 1 aliphatic carbocycles. The van der Waals surface area contributed by atoms with Crippen LogP contribution in [-0.2, 0) is 0 Å². The van der Waals surface area contributed by atoms with E-state index in [9.17, 15) is 4.79 Å². The Morgan fingerprint density at radius 1 is 0.929 bits per heavy atom. The van der Waals surface area contributed by atoms with Gasteiger partial charge in [0.25, 0.3) is 0 Å². The number of carbonyl (C=O) groups is 1. The maximum absolute atomic E-state index is 12.6. The van der Waals surface area contributed by atoms with Crippen molar-refractivity contribution in [3.05, 3.63) is 48.0 Å². The minimum atomic E-state index is 0.146. The molecule has 2 fully saturated rings. The van der Waals surface area contributed by atoms with E-state index in [-0.39, 0.29) is 6.03 Å². The molecule has 1 heterocycles. The van der Waals surface area contributed by atoms with Gasteiger partial charge in [-0.3, -0.25) is 0 Å². The first-order valence-electron chi connectivity index (χ1n) is 11.0. The lowest BCUT2D eigenvalue weighted by Gasteiger charge is -2.35. The van der Waals surface area contributed by atoms with Crippen molar-refractivity contribution in [2.75, 3.05) is 13.1 Å². The summed E-state index contributed by atoms with van der Waals surface area (Å²) in [5, 5.41) is 9.69. The van der Waals surface area contributed by atoms with Gasteiger partial charge in [-0.15, -0.1) is 0 Å². The van der Waals surface area contributed by atoms with Gasteiger partial charge in [-0.1, -0.05) is 61.7 Å². The number of nitrogens with one attached hydrogen (secondary N) is 2. The van der Waals surface area contributed by atoms with Gasteiger partial charge in [0.15, 0.2) is 0 Å². The highest BCUT2D eigenvalue weighted by atomic mass is 16.2. The maximum Gasteiger partial charge on any atom is 0.317 e. The third-order valence-electron chi connectivity index (χ3n) is 6.49. The molecular formula is C24H33N3O. The van der Waals surface area contributed by atoms with Crippen LogP contribution in [0.25, 0.3) is 10.8 Å². The molecule has 1 atom stereocenters. The van der Waals surface area contributed by atoms with Crippen LogP contribution < -0.4 is 10.6 Å². The number of amides is 2. The fraction of sp³-hybridized carbons (Fsp3) is 0.542. The van der Waals surface area contributed by atoms with E-state index in [0.717, 1.165) is 38.8 Å². The van der Waals surface area contributed by atoms with Crippen LogP contribution in [0.15, 0.2) is 42.5 Å². The summed E-state index contributed by atoms with van der Waals surface area (Å²) in [5.74, 6) is 0. The average Bonchev–Trinajstić information content (AvgIpc) is 2.74. The second kappa shape index (κ2) is 8.95. The van der Waals surface area contributed by atoms with Crippen LogP contribution in [0.3, 0.4) is 0 Å². The minimum Gasteiger partial charge on any atom is -0.335 e. The number of piperidine rings is 1. The van der Waals surface area contributed by atoms with Gasteiger partial charge in [-0.05, 0) is 48.9 Å². The summed E-state index contributed by atoms with van der Waals surface area (Å²) in [6.07, 6.45) is 8.16. The number of carbonyl (C=O) groups excluding carboxylic acids is 1. The number of hydrogen-bond donors (Lipinski definition) is 2. The van der Waals surface area contributed by atoms with E-state index in [0.29, 0.717) is 18.1 Å². The molecule has 1 aliphatic heterocycles. The lowest BCUT2D eigenvalue weighted by atomic mass is 9.95. The van der Waals surface area contributed by atoms with Crippen LogP contribution in [0.4, 0.5) is 4.79 Å². The van der Waals surface area contributed by atoms with Crippen molar-refractivity contribution in [2.24, 2.45) is 0 Å². The van der Waals surface area contributed by atoms with E-state index in [4.69, 9.17) is 0 Å². The van der Waals surface area contributed by atoms with E-state index in [1.165, 1.54) is 35.6 Å². The molecule has 2 aliphatic rings. The molecule has 150 valence electrons. The highest BCUT2D eigenvalue weighted by Gasteiger charge is 2.26. The largest absolute Gasteiger partial charge is 0.335 e. The fourth-order valence-electron chi connectivity index (χ4n) is 4.83. The van der Waals surface area contributed by atoms with Gasteiger partial charge in [0.05, 0.1) is 0 Å². The molecule has 4 rings (SSSR count). The Labute approximate surface area is 168 Å². The minimum absolute atomic E-state index is 0.146. The summed E-state index contributed by atoms with van der Waals surface area (Å²) >= 11 is 0. The highest BCUT2D eigenvalue weighted by Crippen LogP contribution is 2.25.